The van der Waals surface area contributed by atoms with Crippen LogP contribution in [-0.2, 0) is 0 Å². The molecule has 0 aromatic carbocycles. The second kappa shape index (κ2) is 0.952. The standard InChI is InChI=1S/C10H8/c1-2-6-4-8-7-3-5(1)9(7)10(6)8/h1,4,7-8H,2-3H2. The molecule has 0 aromatic heterocycles. The molecule has 4 aliphatic rings. The summed E-state index contributed by atoms with van der Waals surface area (Å²) in [6, 6.07) is 0. The molecule has 0 aliphatic heterocycles. The third kappa shape index (κ3) is 0.213. The van der Waals surface area contributed by atoms with E-state index in [4.69, 9.17) is 0 Å². The van der Waals surface area contributed by atoms with Crippen LogP contribution < -0.4 is 0 Å². The second-order valence-electron chi connectivity index (χ2n) is 3.79. The van der Waals surface area contributed by atoms with E-state index in [1.807, 2.05) is 0 Å². The zero-order valence-corrected chi connectivity index (χ0v) is 5.72. The molecule has 1 fully saturated rings. The summed E-state index contributed by atoms with van der Waals surface area (Å²) >= 11 is 0. The predicted molar refractivity (Wildman–Crippen MR) is 39.4 cm³/mol. The van der Waals surface area contributed by atoms with Crippen molar-refractivity contribution in [3.63, 3.8) is 0 Å². The Hall–Kier alpha value is -0.780. The van der Waals surface area contributed by atoms with Crippen LogP contribution >= 0.6 is 0 Å². The zero-order chi connectivity index (χ0) is 6.29. The van der Waals surface area contributed by atoms with Crippen LogP contribution in [-0.4, -0.2) is 0 Å². The Balaban J connectivity index is 2.13. The van der Waals surface area contributed by atoms with Gasteiger partial charge in [0, 0.05) is 5.92 Å². The van der Waals surface area contributed by atoms with Crippen LogP contribution in [0.5, 0.6) is 0 Å². The van der Waals surface area contributed by atoms with Gasteiger partial charge in [0.15, 0.2) is 0 Å². The zero-order valence-electron chi connectivity index (χ0n) is 5.72. The summed E-state index contributed by atoms with van der Waals surface area (Å²) in [5.41, 5.74) is 6.86. The van der Waals surface area contributed by atoms with E-state index >= 15 is 0 Å². The first-order chi connectivity index (χ1) is 4.95. The summed E-state index contributed by atoms with van der Waals surface area (Å²) < 4.78 is 0. The monoisotopic (exact) mass is 128 g/mol. The lowest BCUT2D eigenvalue weighted by molar-refractivity contribution is 0.342. The largest absolute Gasteiger partial charge is 0.0766 e. The van der Waals surface area contributed by atoms with Gasteiger partial charge in [0.2, 0.25) is 0 Å². The Bertz CT molecular complexity index is 339. The van der Waals surface area contributed by atoms with Gasteiger partial charge in [0.05, 0.1) is 0 Å². The highest BCUT2D eigenvalue weighted by Crippen LogP contribution is 2.66. The highest BCUT2D eigenvalue weighted by molar-refractivity contribution is 5.71. The number of allylic oxidation sites excluding steroid dienone is 6. The minimum atomic E-state index is 0.933. The van der Waals surface area contributed by atoms with Gasteiger partial charge in [-0.25, -0.2) is 0 Å². The minimum Gasteiger partial charge on any atom is -0.0766 e. The van der Waals surface area contributed by atoms with Crippen LogP contribution in [0, 0.1) is 11.8 Å². The van der Waals surface area contributed by atoms with Gasteiger partial charge in [0.1, 0.15) is 0 Å². The third-order valence-corrected chi connectivity index (χ3v) is 3.51. The van der Waals surface area contributed by atoms with Crippen molar-refractivity contribution in [2.45, 2.75) is 12.8 Å². The maximum Gasteiger partial charge on any atom is 0.0102 e. The van der Waals surface area contributed by atoms with Crippen molar-refractivity contribution in [3.05, 3.63) is 34.4 Å². The highest BCUT2D eigenvalue weighted by Gasteiger charge is 2.53. The lowest BCUT2D eigenvalue weighted by Crippen LogP contribution is -2.45. The number of fused-ring (bicyclic) bond motifs is 1. The fourth-order valence-corrected chi connectivity index (χ4v) is 2.92. The molecule has 0 heteroatoms. The molecule has 4 rings (SSSR count). The molecule has 0 heterocycles. The van der Waals surface area contributed by atoms with Crippen molar-refractivity contribution in [2.75, 3.05) is 0 Å². The van der Waals surface area contributed by atoms with Gasteiger partial charge in [-0.05, 0) is 41.1 Å². The Morgan fingerprint density at radius 1 is 1.20 bits per heavy atom. The summed E-state index contributed by atoms with van der Waals surface area (Å²) in [6.07, 6.45) is 7.55. The first-order valence-corrected chi connectivity index (χ1v) is 4.09. The molecule has 4 aliphatic carbocycles. The average molecular weight is 128 g/mol. The summed E-state index contributed by atoms with van der Waals surface area (Å²) in [7, 11) is 0. The molecule has 2 atom stereocenters. The Labute approximate surface area is 59.9 Å². The lowest BCUT2D eigenvalue weighted by Gasteiger charge is -2.58. The molecule has 48 valence electrons. The van der Waals surface area contributed by atoms with Crippen molar-refractivity contribution in [1.82, 2.24) is 0 Å². The first kappa shape index (κ1) is 4.17. The molecule has 0 saturated heterocycles. The highest BCUT2D eigenvalue weighted by atomic mass is 14.6. The molecule has 0 radical (unpaired) electrons. The van der Waals surface area contributed by atoms with Crippen molar-refractivity contribution < 1.29 is 0 Å². The normalized spacial score (nSPS) is 44.0. The number of hydrogen-bond donors (Lipinski definition) is 0. The molecular weight excluding hydrogens is 120 g/mol. The molecule has 2 unspecified atom stereocenters. The Morgan fingerprint density at radius 2 is 2.20 bits per heavy atom. The molecule has 0 amide bonds. The average Bonchev–Trinajstić information content (AvgIpc) is 1.76. The molecule has 0 nitrogen and oxygen atoms in total. The van der Waals surface area contributed by atoms with E-state index in [1.165, 1.54) is 12.8 Å². The van der Waals surface area contributed by atoms with Gasteiger partial charge in [0.25, 0.3) is 0 Å². The SMILES string of the molecule is C1=C2CC=C3CC4C3=C2C14. The molecule has 0 bridgehead atoms. The Morgan fingerprint density at radius 3 is 3.10 bits per heavy atom. The molecule has 0 aromatic rings. The fourth-order valence-electron chi connectivity index (χ4n) is 2.92. The van der Waals surface area contributed by atoms with Crippen molar-refractivity contribution >= 4 is 0 Å². The van der Waals surface area contributed by atoms with Gasteiger partial charge in [-0.1, -0.05) is 12.2 Å². The van der Waals surface area contributed by atoms with E-state index in [2.05, 4.69) is 12.2 Å². The Kier molecular flexibility index (Phi) is 0.397. The summed E-state index contributed by atoms with van der Waals surface area (Å²) in [5, 5.41) is 0. The molecule has 0 N–H and O–H groups in total. The van der Waals surface area contributed by atoms with Crippen molar-refractivity contribution in [2.24, 2.45) is 11.8 Å². The lowest BCUT2D eigenvalue weighted by atomic mass is 9.46. The van der Waals surface area contributed by atoms with Gasteiger partial charge in [-0.15, -0.1) is 0 Å². The summed E-state index contributed by atoms with van der Waals surface area (Å²) in [6.45, 7) is 0. The molecule has 10 heavy (non-hydrogen) atoms. The van der Waals surface area contributed by atoms with Crippen LogP contribution in [0.15, 0.2) is 34.4 Å². The van der Waals surface area contributed by atoms with E-state index < -0.39 is 0 Å². The first-order valence-electron chi connectivity index (χ1n) is 4.09. The van der Waals surface area contributed by atoms with Crippen molar-refractivity contribution in [3.8, 4) is 0 Å². The van der Waals surface area contributed by atoms with Gasteiger partial charge < -0.3 is 0 Å². The van der Waals surface area contributed by atoms with Crippen LogP contribution in [0.4, 0.5) is 0 Å². The van der Waals surface area contributed by atoms with Crippen molar-refractivity contribution in [1.29, 1.82) is 0 Å². The van der Waals surface area contributed by atoms with E-state index in [0.29, 0.717) is 0 Å². The van der Waals surface area contributed by atoms with Gasteiger partial charge in [-0.3, -0.25) is 0 Å². The maximum atomic E-state index is 2.48. The summed E-state index contributed by atoms with van der Waals surface area (Å²) in [4.78, 5) is 0. The minimum absolute atomic E-state index is 0.933. The van der Waals surface area contributed by atoms with E-state index in [9.17, 15) is 0 Å². The fraction of sp³-hybridized carbons (Fsp3) is 0.400. The number of hydrogen-bond acceptors (Lipinski definition) is 0. The van der Waals surface area contributed by atoms with E-state index in [0.717, 1.165) is 11.8 Å². The summed E-state index contributed by atoms with van der Waals surface area (Å²) in [5.74, 6) is 1.92. The molecular formula is C10H8. The topological polar surface area (TPSA) is 0 Å². The van der Waals surface area contributed by atoms with Crippen LogP contribution in [0.3, 0.4) is 0 Å². The molecule has 1 saturated carbocycles. The quantitative estimate of drug-likeness (QED) is 0.469. The van der Waals surface area contributed by atoms with Gasteiger partial charge in [-0.2, -0.15) is 0 Å². The second-order valence-corrected chi connectivity index (χ2v) is 3.79. The third-order valence-electron chi connectivity index (χ3n) is 3.51. The van der Waals surface area contributed by atoms with Crippen LogP contribution in [0.25, 0.3) is 0 Å². The van der Waals surface area contributed by atoms with Crippen LogP contribution in [0.1, 0.15) is 12.8 Å². The van der Waals surface area contributed by atoms with Gasteiger partial charge >= 0.3 is 0 Å². The van der Waals surface area contributed by atoms with E-state index in [1.54, 1.807) is 22.3 Å². The van der Waals surface area contributed by atoms with Crippen LogP contribution in [0.2, 0.25) is 0 Å². The smallest absolute Gasteiger partial charge is 0.0102 e. The van der Waals surface area contributed by atoms with E-state index in [-0.39, 0.29) is 0 Å². The number of rotatable bonds is 0. The molecule has 0 spiro atoms. The maximum absolute atomic E-state index is 2.48. The predicted octanol–water partition coefficient (Wildman–Crippen LogP) is 2.20.